The van der Waals surface area contributed by atoms with E-state index in [-0.39, 0.29) is 11.7 Å². The molecule has 2 rings (SSSR count). The van der Waals surface area contributed by atoms with Gasteiger partial charge in [-0.15, -0.1) is 0 Å². The lowest BCUT2D eigenvalue weighted by Gasteiger charge is -2.08. The number of halogens is 2. The summed E-state index contributed by atoms with van der Waals surface area (Å²) in [5, 5.41) is 3.29. The van der Waals surface area contributed by atoms with Crippen LogP contribution in [0.25, 0.3) is 0 Å². The normalized spacial score (nSPS) is 10.5. The molecular weight excluding hydrogens is 389 g/mol. The van der Waals surface area contributed by atoms with Gasteiger partial charge in [0.05, 0.1) is 13.7 Å². The van der Waals surface area contributed by atoms with Crippen LogP contribution in [0.4, 0.5) is 4.39 Å². The van der Waals surface area contributed by atoms with Crippen molar-refractivity contribution in [2.24, 2.45) is 0 Å². The van der Waals surface area contributed by atoms with Crippen LogP contribution in [0.3, 0.4) is 0 Å². The minimum Gasteiger partial charge on any atom is -0.497 e. The highest BCUT2D eigenvalue weighted by molar-refractivity contribution is 7.98. The van der Waals surface area contributed by atoms with E-state index in [1.54, 1.807) is 19.2 Å². The van der Waals surface area contributed by atoms with Crippen LogP contribution in [0, 0.1) is 5.82 Å². The summed E-state index contributed by atoms with van der Waals surface area (Å²) in [5.41, 5.74) is 0.506. The Hall–Kier alpha value is -1.92. The van der Waals surface area contributed by atoms with Crippen molar-refractivity contribution >= 4 is 29.3 Å². The van der Waals surface area contributed by atoms with Gasteiger partial charge >= 0.3 is 0 Å². The van der Waals surface area contributed by atoms with E-state index in [0.717, 1.165) is 11.5 Å². The molecule has 7 heteroatoms. The summed E-state index contributed by atoms with van der Waals surface area (Å²) < 4.78 is 24.3. The van der Waals surface area contributed by atoms with Crippen LogP contribution in [-0.2, 0) is 10.5 Å². The number of hydrogen-bond donors (Lipinski definition) is 1. The zero-order valence-electron chi connectivity index (χ0n) is 15.2. The minimum absolute atomic E-state index is 0.0159. The highest BCUT2D eigenvalue weighted by Crippen LogP contribution is 2.23. The molecule has 0 bridgehead atoms. The van der Waals surface area contributed by atoms with E-state index in [9.17, 15) is 9.18 Å². The van der Waals surface area contributed by atoms with Crippen molar-refractivity contribution in [3.05, 3.63) is 58.9 Å². The van der Waals surface area contributed by atoms with Gasteiger partial charge in [-0.2, -0.15) is 11.8 Å². The molecule has 2 aromatic carbocycles. The molecule has 0 heterocycles. The lowest BCUT2D eigenvalue weighted by atomic mass is 10.2. The number of hydrogen-bond acceptors (Lipinski definition) is 4. The van der Waals surface area contributed by atoms with E-state index in [1.165, 1.54) is 17.8 Å². The first-order valence-corrected chi connectivity index (χ1v) is 10.2. The molecule has 0 radical (unpaired) electrons. The zero-order chi connectivity index (χ0) is 19.5. The Bertz CT molecular complexity index is 707. The summed E-state index contributed by atoms with van der Waals surface area (Å²) in [7, 11) is 1.61. The number of carbonyl (C=O) groups excluding carboxylic acids is 1. The number of methoxy groups -OCH3 is 1. The Morgan fingerprint density at radius 3 is 2.63 bits per heavy atom. The van der Waals surface area contributed by atoms with Crippen molar-refractivity contribution in [1.29, 1.82) is 0 Å². The first-order chi connectivity index (χ1) is 13.1. The van der Waals surface area contributed by atoms with Crippen molar-refractivity contribution in [2.45, 2.75) is 18.6 Å². The number of carbonyl (C=O) groups is 1. The number of rotatable bonds is 11. The number of amides is 1. The molecule has 0 aliphatic heterocycles. The smallest absolute Gasteiger partial charge is 0.220 e. The fraction of sp³-hybridized carbons (Fsp3) is 0.350. The monoisotopic (exact) mass is 411 g/mol. The van der Waals surface area contributed by atoms with Gasteiger partial charge in [0.25, 0.3) is 0 Å². The Labute approximate surface area is 168 Å². The molecular formula is C20H23ClFNO3S. The Balaban J connectivity index is 1.53. The summed E-state index contributed by atoms with van der Waals surface area (Å²) in [6.45, 7) is 1.01. The fourth-order valence-electron chi connectivity index (χ4n) is 2.29. The molecule has 0 fully saturated rings. The van der Waals surface area contributed by atoms with E-state index < -0.39 is 0 Å². The van der Waals surface area contributed by atoms with E-state index in [2.05, 4.69) is 5.32 Å². The fourth-order valence-corrected chi connectivity index (χ4v) is 3.49. The van der Waals surface area contributed by atoms with Crippen molar-refractivity contribution < 1.29 is 18.7 Å². The first kappa shape index (κ1) is 21.4. The summed E-state index contributed by atoms with van der Waals surface area (Å²) in [5.74, 6) is 2.39. The Morgan fingerprint density at radius 1 is 1.19 bits per heavy atom. The second-order valence-corrected chi connectivity index (χ2v) is 7.24. The lowest BCUT2D eigenvalue weighted by molar-refractivity contribution is -0.121. The Morgan fingerprint density at radius 2 is 1.93 bits per heavy atom. The maximum Gasteiger partial charge on any atom is 0.220 e. The van der Waals surface area contributed by atoms with Crippen LogP contribution >= 0.6 is 23.4 Å². The summed E-state index contributed by atoms with van der Waals surface area (Å²) in [4.78, 5) is 11.8. The van der Waals surface area contributed by atoms with Gasteiger partial charge < -0.3 is 14.8 Å². The van der Waals surface area contributed by atoms with Crippen LogP contribution in [0.15, 0.2) is 42.5 Å². The number of ether oxygens (including phenoxy) is 2. The van der Waals surface area contributed by atoms with Gasteiger partial charge in [0.1, 0.15) is 17.3 Å². The van der Waals surface area contributed by atoms with Gasteiger partial charge in [-0.05, 0) is 42.8 Å². The molecule has 0 aliphatic rings. The molecule has 1 N–H and O–H groups in total. The topological polar surface area (TPSA) is 47.6 Å². The van der Waals surface area contributed by atoms with Crippen molar-refractivity contribution in [3.63, 3.8) is 0 Å². The second kappa shape index (κ2) is 11.7. The van der Waals surface area contributed by atoms with Crippen molar-refractivity contribution in [2.75, 3.05) is 26.0 Å². The van der Waals surface area contributed by atoms with Crippen molar-refractivity contribution in [1.82, 2.24) is 5.32 Å². The summed E-state index contributed by atoms with van der Waals surface area (Å²) in [6, 6.07) is 12.0. The van der Waals surface area contributed by atoms with Gasteiger partial charge in [-0.3, -0.25) is 4.79 Å². The number of thioether (sulfide) groups is 1. The van der Waals surface area contributed by atoms with E-state index in [1.807, 2.05) is 24.3 Å². The molecule has 0 saturated carbocycles. The van der Waals surface area contributed by atoms with Crippen LogP contribution in [0.2, 0.25) is 5.02 Å². The van der Waals surface area contributed by atoms with Gasteiger partial charge in [0.2, 0.25) is 5.91 Å². The van der Waals surface area contributed by atoms with Gasteiger partial charge in [-0.25, -0.2) is 4.39 Å². The average molecular weight is 412 g/mol. The third-order valence-corrected chi connectivity index (χ3v) is 5.09. The maximum atomic E-state index is 13.6. The van der Waals surface area contributed by atoms with Crippen LogP contribution in [0.5, 0.6) is 11.5 Å². The van der Waals surface area contributed by atoms with E-state index in [0.29, 0.717) is 48.1 Å². The standard InChI is InChI=1S/C20H23ClFNO3S/c1-25-15-7-9-16(10-8-15)26-12-3-6-20(24)23-11-13-27-14-17-18(21)4-2-5-19(17)22/h2,4-5,7-10H,3,6,11-14H2,1H3,(H,23,24). The second-order valence-electron chi connectivity index (χ2n) is 5.73. The third-order valence-electron chi connectivity index (χ3n) is 3.75. The molecule has 0 atom stereocenters. The van der Waals surface area contributed by atoms with Gasteiger partial charge in [-0.1, -0.05) is 17.7 Å². The molecule has 27 heavy (non-hydrogen) atoms. The summed E-state index contributed by atoms with van der Waals surface area (Å²) in [6.07, 6.45) is 1.04. The SMILES string of the molecule is COc1ccc(OCCCC(=O)NCCSCc2c(F)cccc2Cl)cc1. The molecule has 0 spiro atoms. The van der Waals surface area contributed by atoms with Crippen molar-refractivity contribution in [3.8, 4) is 11.5 Å². The van der Waals surface area contributed by atoms with Gasteiger partial charge in [0, 0.05) is 35.1 Å². The Kier molecular flexibility index (Phi) is 9.28. The lowest BCUT2D eigenvalue weighted by Crippen LogP contribution is -2.25. The first-order valence-electron chi connectivity index (χ1n) is 8.64. The van der Waals surface area contributed by atoms with Gasteiger partial charge in [0.15, 0.2) is 0 Å². The predicted octanol–water partition coefficient (Wildman–Crippen LogP) is 4.70. The van der Waals surface area contributed by atoms with Crippen LogP contribution < -0.4 is 14.8 Å². The zero-order valence-corrected chi connectivity index (χ0v) is 16.7. The van der Waals surface area contributed by atoms with Crippen LogP contribution in [0.1, 0.15) is 18.4 Å². The molecule has 0 saturated heterocycles. The number of nitrogens with one attached hydrogen (secondary N) is 1. The molecule has 146 valence electrons. The average Bonchev–Trinajstić information content (AvgIpc) is 2.67. The summed E-state index contributed by atoms with van der Waals surface area (Å²) >= 11 is 7.51. The van der Waals surface area contributed by atoms with E-state index >= 15 is 0 Å². The molecule has 0 unspecified atom stereocenters. The largest absolute Gasteiger partial charge is 0.497 e. The van der Waals surface area contributed by atoms with E-state index in [4.69, 9.17) is 21.1 Å². The highest BCUT2D eigenvalue weighted by atomic mass is 35.5. The molecule has 0 aliphatic carbocycles. The molecule has 2 aromatic rings. The number of benzene rings is 2. The predicted molar refractivity (Wildman–Crippen MR) is 108 cm³/mol. The molecule has 1 amide bonds. The molecule has 4 nitrogen and oxygen atoms in total. The molecule has 0 aromatic heterocycles. The van der Waals surface area contributed by atoms with Crippen LogP contribution in [-0.4, -0.2) is 31.9 Å². The quantitative estimate of drug-likeness (QED) is 0.544. The third kappa shape index (κ3) is 7.69. The highest BCUT2D eigenvalue weighted by Gasteiger charge is 2.07. The minimum atomic E-state index is -0.295. The maximum absolute atomic E-state index is 13.6.